The average molecular weight is 329 g/mol. The van der Waals surface area contributed by atoms with E-state index in [0.717, 1.165) is 11.3 Å². The monoisotopic (exact) mass is 329 g/mol. The minimum Gasteiger partial charge on any atom is -0.382 e. The molecule has 0 aliphatic heterocycles. The van der Waals surface area contributed by atoms with E-state index in [1.54, 1.807) is 11.0 Å². The lowest BCUT2D eigenvalue weighted by atomic mass is 10.0. The van der Waals surface area contributed by atoms with Crippen LogP contribution in [-0.4, -0.2) is 32.8 Å². The van der Waals surface area contributed by atoms with Crippen molar-refractivity contribution in [2.45, 2.75) is 53.2 Å². The summed E-state index contributed by atoms with van der Waals surface area (Å²) in [7, 11) is 0. The van der Waals surface area contributed by atoms with Crippen molar-refractivity contribution in [3.8, 4) is 0 Å². The van der Waals surface area contributed by atoms with Gasteiger partial charge in [0, 0.05) is 23.3 Å². The third kappa shape index (κ3) is 4.57. The fourth-order valence-corrected chi connectivity index (χ4v) is 2.40. The Morgan fingerprint density at radius 1 is 1.25 bits per heavy atom. The standard InChI is InChI=1S/C18H27N5O/c1-12(2)15(5)22-17-8-6-7-16(14(17)4)18(24)21-13(3)9-23-11-19-10-20-23/h6-8,10-13,15,22H,9H2,1-5H3,(H,21,24)/t13-,15-/m0/s1. The lowest BCUT2D eigenvalue weighted by Crippen LogP contribution is -2.36. The maximum Gasteiger partial charge on any atom is 0.251 e. The predicted octanol–water partition coefficient (Wildman–Crippen LogP) is 2.86. The minimum atomic E-state index is -0.0686. The van der Waals surface area contributed by atoms with Crippen LogP contribution < -0.4 is 10.6 Å². The topological polar surface area (TPSA) is 71.8 Å². The first-order valence-electron chi connectivity index (χ1n) is 8.38. The van der Waals surface area contributed by atoms with Crippen molar-refractivity contribution in [1.29, 1.82) is 0 Å². The number of carbonyl (C=O) groups excluding carboxylic acids is 1. The highest BCUT2D eigenvalue weighted by Gasteiger charge is 2.16. The first-order valence-corrected chi connectivity index (χ1v) is 8.38. The first-order chi connectivity index (χ1) is 11.4. The Bertz CT molecular complexity index is 666. The Kier molecular flexibility index (Phi) is 5.95. The molecule has 0 fully saturated rings. The molecule has 1 aromatic carbocycles. The second kappa shape index (κ2) is 7.95. The summed E-state index contributed by atoms with van der Waals surface area (Å²) in [5.74, 6) is 0.450. The van der Waals surface area contributed by atoms with E-state index in [-0.39, 0.29) is 11.9 Å². The average Bonchev–Trinajstić information content (AvgIpc) is 3.01. The van der Waals surface area contributed by atoms with Gasteiger partial charge in [0.15, 0.2) is 0 Å². The quantitative estimate of drug-likeness (QED) is 0.819. The third-order valence-electron chi connectivity index (χ3n) is 4.27. The molecular weight excluding hydrogens is 302 g/mol. The number of aromatic nitrogens is 3. The molecule has 0 radical (unpaired) electrons. The summed E-state index contributed by atoms with van der Waals surface area (Å²) in [6.07, 6.45) is 3.13. The van der Waals surface area contributed by atoms with Gasteiger partial charge in [-0.15, -0.1) is 0 Å². The van der Waals surface area contributed by atoms with E-state index < -0.39 is 0 Å². The Labute approximate surface area is 143 Å². The fourth-order valence-electron chi connectivity index (χ4n) is 2.40. The molecule has 0 bridgehead atoms. The van der Waals surface area contributed by atoms with Crippen LogP contribution in [-0.2, 0) is 6.54 Å². The number of anilines is 1. The highest BCUT2D eigenvalue weighted by Crippen LogP contribution is 2.21. The molecule has 24 heavy (non-hydrogen) atoms. The van der Waals surface area contributed by atoms with Crippen molar-refractivity contribution < 1.29 is 4.79 Å². The van der Waals surface area contributed by atoms with Crippen molar-refractivity contribution >= 4 is 11.6 Å². The molecular formula is C18H27N5O. The number of rotatable bonds is 7. The van der Waals surface area contributed by atoms with E-state index in [4.69, 9.17) is 0 Å². The molecule has 2 N–H and O–H groups in total. The zero-order valence-corrected chi connectivity index (χ0v) is 15.1. The van der Waals surface area contributed by atoms with Crippen LogP contribution in [0.5, 0.6) is 0 Å². The summed E-state index contributed by atoms with van der Waals surface area (Å²) in [6, 6.07) is 6.10. The summed E-state index contributed by atoms with van der Waals surface area (Å²) < 4.78 is 1.71. The molecule has 0 aliphatic carbocycles. The number of hydrogen-bond donors (Lipinski definition) is 2. The zero-order chi connectivity index (χ0) is 17.7. The van der Waals surface area contributed by atoms with Crippen molar-refractivity contribution in [3.05, 3.63) is 42.0 Å². The van der Waals surface area contributed by atoms with Gasteiger partial charge in [-0.3, -0.25) is 9.48 Å². The zero-order valence-electron chi connectivity index (χ0n) is 15.1. The lowest BCUT2D eigenvalue weighted by molar-refractivity contribution is 0.0935. The Morgan fingerprint density at radius 3 is 2.62 bits per heavy atom. The summed E-state index contributed by atoms with van der Waals surface area (Å²) in [5.41, 5.74) is 2.67. The number of hydrogen-bond acceptors (Lipinski definition) is 4. The second-order valence-corrected chi connectivity index (χ2v) is 6.65. The van der Waals surface area contributed by atoms with Gasteiger partial charge in [0.1, 0.15) is 12.7 Å². The predicted molar refractivity (Wildman–Crippen MR) is 96.1 cm³/mol. The molecule has 130 valence electrons. The largest absolute Gasteiger partial charge is 0.382 e. The van der Waals surface area contributed by atoms with Crippen LogP contribution in [0.1, 0.15) is 43.6 Å². The molecule has 2 atom stereocenters. The smallest absolute Gasteiger partial charge is 0.251 e. The van der Waals surface area contributed by atoms with Crippen LogP contribution >= 0.6 is 0 Å². The molecule has 0 unspecified atom stereocenters. The van der Waals surface area contributed by atoms with E-state index in [1.165, 1.54) is 6.33 Å². The van der Waals surface area contributed by atoms with E-state index in [9.17, 15) is 4.79 Å². The summed E-state index contributed by atoms with van der Waals surface area (Å²) >= 11 is 0. The van der Waals surface area contributed by atoms with Gasteiger partial charge in [0.25, 0.3) is 5.91 Å². The number of nitrogens with zero attached hydrogens (tertiary/aromatic N) is 3. The number of benzene rings is 1. The third-order valence-corrected chi connectivity index (χ3v) is 4.27. The van der Waals surface area contributed by atoms with E-state index in [2.05, 4.69) is 41.5 Å². The van der Waals surface area contributed by atoms with Crippen molar-refractivity contribution in [2.24, 2.45) is 5.92 Å². The van der Waals surface area contributed by atoms with Crippen molar-refractivity contribution in [1.82, 2.24) is 20.1 Å². The summed E-state index contributed by atoms with van der Waals surface area (Å²) in [6.45, 7) is 11.0. The minimum absolute atomic E-state index is 0.0372. The summed E-state index contributed by atoms with van der Waals surface area (Å²) in [4.78, 5) is 16.5. The fraction of sp³-hybridized carbons (Fsp3) is 0.500. The first kappa shape index (κ1) is 18.0. The lowest BCUT2D eigenvalue weighted by Gasteiger charge is -2.22. The Hall–Kier alpha value is -2.37. The molecule has 1 amide bonds. The van der Waals surface area contributed by atoms with E-state index in [1.807, 2.05) is 32.0 Å². The van der Waals surface area contributed by atoms with E-state index in [0.29, 0.717) is 24.1 Å². The SMILES string of the molecule is Cc1c(N[C@@H](C)C(C)C)cccc1C(=O)N[C@@H](C)Cn1cncn1. The molecule has 1 aromatic heterocycles. The van der Waals surface area contributed by atoms with Crippen LogP contribution in [0, 0.1) is 12.8 Å². The van der Waals surface area contributed by atoms with Crippen LogP contribution in [0.3, 0.4) is 0 Å². The molecule has 0 saturated carbocycles. The Morgan fingerprint density at radius 2 is 2.00 bits per heavy atom. The van der Waals surface area contributed by atoms with Crippen molar-refractivity contribution in [2.75, 3.05) is 5.32 Å². The number of nitrogens with one attached hydrogen (secondary N) is 2. The van der Waals surface area contributed by atoms with Gasteiger partial charge < -0.3 is 10.6 Å². The van der Waals surface area contributed by atoms with Gasteiger partial charge in [-0.05, 0) is 44.4 Å². The van der Waals surface area contributed by atoms with Gasteiger partial charge in [0.2, 0.25) is 0 Å². The molecule has 1 heterocycles. The van der Waals surface area contributed by atoms with Gasteiger partial charge in [-0.25, -0.2) is 4.98 Å². The maximum absolute atomic E-state index is 12.6. The molecule has 0 aliphatic rings. The van der Waals surface area contributed by atoms with Gasteiger partial charge in [-0.1, -0.05) is 19.9 Å². The molecule has 0 spiro atoms. The van der Waals surface area contributed by atoms with Crippen molar-refractivity contribution in [3.63, 3.8) is 0 Å². The normalized spacial score (nSPS) is 13.6. The summed E-state index contributed by atoms with van der Waals surface area (Å²) in [5, 5.41) is 10.6. The highest BCUT2D eigenvalue weighted by atomic mass is 16.1. The van der Waals surface area contributed by atoms with Crippen LogP contribution in [0.2, 0.25) is 0 Å². The van der Waals surface area contributed by atoms with Crippen LogP contribution in [0.15, 0.2) is 30.9 Å². The van der Waals surface area contributed by atoms with Gasteiger partial charge in [-0.2, -0.15) is 5.10 Å². The number of carbonyl (C=O) groups is 1. The molecule has 6 heteroatoms. The van der Waals surface area contributed by atoms with Crippen LogP contribution in [0.4, 0.5) is 5.69 Å². The molecule has 2 aromatic rings. The second-order valence-electron chi connectivity index (χ2n) is 6.65. The highest BCUT2D eigenvalue weighted by molar-refractivity contribution is 5.97. The van der Waals surface area contributed by atoms with Crippen LogP contribution in [0.25, 0.3) is 0 Å². The Balaban J connectivity index is 2.06. The van der Waals surface area contributed by atoms with Gasteiger partial charge >= 0.3 is 0 Å². The molecule has 2 rings (SSSR count). The van der Waals surface area contributed by atoms with E-state index >= 15 is 0 Å². The molecule has 6 nitrogen and oxygen atoms in total. The number of amides is 1. The maximum atomic E-state index is 12.6. The molecule has 0 saturated heterocycles. The van der Waals surface area contributed by atoms with Gasteiger partial charge in [0.05, 0.1) is 6.54 Å².